The summed E-state index contributed by atoms with van der Waals surface area (Å²) < 4.78 is 87.7. The molecule has 0 aromatic rings. The minimum absolute atomic E-state index is 0.934. The number of ether oxygens (including phenoxy) is 1. The van der Waals surface area contributed by atoms with Crippen molar-refractivity contribution in [1.82, 2.24) is 0 Å². The van der Waals surface area contributed by atoms with Gasteiger partial charge < -0.3 is 4.74 Å². The number of hydrogen-bond donors (Lipinski definition) is 0. The van der Waals surface area contributed by atoms with Gasteiger partial charge in [0.25, 0.3) is 0 Å². The lowest BCUT2D eigenvalue weighted by atomic mass is 10.2. The van der Waals surface area contributed by atoms with E-state index in [1.807, 2.05) is 0 Å². The average Bonchev–Trinajstić information content (AvgIpc) is 2.11. The number of esters is 1. The Morgan fingerprint density at radius 2 is 1.53 bits per heavy atom. The van der Waals surface area contributed by atoms with E-state index < -0.39 is 35.6 Å². The molecular formula is C7H4ClF7O2. The molecule has 0 rings (SSSR count). The molecule has 10 heteroatoms. The Kier molecular flexibility index (Phi) is 4.44. The minimum Gasteiger partial charge on any atom is -0.455 e. The quantitative estimate of drug-likeness (QED) is 0.451. The van der Waals surface area contributed by atoms with Gasteiger partial charge in [0.2, 0.25) is 0 Å². The van der Waals surface area contributed by atoms with Crippen LogP contribution in [0.5, 0.6) is 0 Å². The summed E-state index contributed by atoms with van der Waals surface area (Å²) in [6, 6.07) is 0. The smallest absolute Gasteiger partial charge is 0.455 e. The first-order valence-electron chi connectivity index (χ1n) is 3.67. The summed E-state index contributed by atoms with van der Waals surface area (Å²) in [5.41, 5.74) is 0. The Morgan fingerprint density at radius 3 is 1.82 bits per heavy atom. The largest absolute Gasteiger partial charge is 0.460 e. The van der Waals surface area contributed by atoms with Crippen molar-refractivity contribution in [1.29, 1.82) is 0 Å². The van der Waals surface area contributed by atoms with Crippen LogP contribution >= 0.6 is 11.6 Å². The Bertz CT molecular complexity index is 323. The number of hydrogen-bond acceptors (Lipinski definition) is 2. The average molecular weight is 289 g/mol. The molecule has 17 heavy (non-hydrogen) atoms. The van der Waals surface area contributed by atoms with Gasteiger partial charge in [0.05, 0.1) is 0 Å². The van der Waals surface area contributed by atoms with Crippen LogP contribution in [0.2, 0.25) is 0 Å². The third kappa shape index (κ3) is 3.48. The predicted octanol–water partition coefficient (Wildman–Crippen LogP) is 3.12. The maximum Gasteiger partial charge on any atom is 0.460 e. The number of carbonyl (C=O) groups excluding carboxylic acids is 1. The summed E-state index contributed by atoms with van der Waals surface area (Å²) in [6.07, 6.45) is -6.47. The minimum atomic E-state index is -6.47. The normalized spacial score (nSPS) is 13.4. The molecule has 0 bridgehead atoms. The lowest BCUT2D eigenvalue weighted by molar-refractivity contribution is -0.359. The number of halogens is 8. The fourth-order valence-electron chi connectivity index (χ4n) is 0.532. The zero-order chi connectivity index (χ0) is 14.1. The lowest BCUT2D eigenvalue weighted by Crippen LogP contribution is -2.54. The van der Waals surface area contributed by atoms with E-state index in [-0.39, 0.29) is 0 Å². The van der Waals surface area contributed by atoms with E-state index in [1.54, 1.807) is 0 Å². The van der Waals surface area contributed by atoms with Crippen molar-refractivity contribution in [2.24, 2.45) is 0 Å². The molecule has 0 atom stereocenters. The van der Waals surface area contributed by atoms with E-state index in [4.69, 9.17) is 11.6 Å². The number of alkyl halides is 7. The van der Waals surface area contributed by atoms with Crippen molar-refractivity contribution in [2.75, 3.05) is 6.61 Å². The second-order valence-electron chi connectivity index (χ2n) is 2.76. The first kappa shape index (κ1) is 16.0. The standard InChI is InChI=1S/C7H4ClF7O2/c1-3(8)4(16)17-2-5(9,10)6(11,12)7(13,14)15/h1-2H2. The molecule has 0 aliphatic heterocycles. The van der Waals surface area contributed by atoms with Crippen molar-refractivity contribution in [3.05, 3.63) is 11.6 Å². The van der Waals surface area contributed by atoms with Crippen LogP contribution in [0.15, 0.2) is 11.6 Å². The molecular weight excluding hydrogens is 285 g/mol. The van der Waals surface area contributed by atoms with Gasteiger partial charge in [-0.05, 0) is 0 Å². The highest BCUT2D eigenvalue weighted by Crippen LogP contribution is 2.46. The van der Waals surface area contributed by atoms with Gasteiger partial charge >= 0.3 is 24.0 Å². The van der Waals surface area contributed by atoms with Crippen LogP contribution in [0.4, 0.5) is 30.7 Å². The predicted molar refractivity (Wildman–Crippen MR) is 41.9 cm³/mol. The molecule has 0 spiro atoms. The lowest BCUT2D eigenvalue weighted by Gasteiger charge is -2.27. The van der Waals surface area contributed by atoms with E-state index in [9.17, 15) is 35.5 Å². The van der Waals surface area contributed by atoms with Crippen LogP contribution in [0, 0.1) is 0 Å². The van der Waals surface area contributed by atoms with Gasteiger partial charge in [-0.3, -0.25) is 0 Å². The summed E-state index contributed by atoms with van der Waals surface area (Å²) in [5.74, 6) is -13.6. The highest BCUT2D eigenvalue weighted by molar-refractivity contribution is 6.40. The number of carbonyl (C=O) groups is 1. The fraction of sp³-hybridized carbons (Fsp3) is 0.571. The Labute approximate surface area is 95.0 Å². The van der Waals surface area contributed by atoms with Crippen LogP contribution < -0.4 is 0 Å². The Morgan fingerprint density at radius 1 is 1.12 bits per heavy atom. The van der Waals surface area contributed by atoms with Crippen molar-refractivity contribution >= 4 is 17.6 Å². The molecule has 0 unspecified atom stereocenters. The molecule has 0 fully saturated rings. The van der Waals surface area contributed by atoms with Crippen LogP contribution in [0.25, 0.3) is 0 Å². The van der Waals surface area contributed by atoms with Crippen LogP contribution in [0.1, 0.15) is 0 Å². The zero-order valence-corrected chi connectivity index (χ0v) is 8.51. The van der Waals surface area contributed by atoms with Crippen LogP contribution in [0.3, 0.4) is 0 Å². The Hall–Kier alpha value is -0.990. The zero-order valence-electron chi connectivity index (χ0n) is 7.75. The maximum absolute atomic E-state index is 12.5. The molecule has 0 N–H and O–H groups in total. The van der Waals surface area contributed by atoms with Crippen LogP contribution in [-0.2, 0) is 9.53 Å². The molecule has 0 aliphatic rings. The topological polar surface area (TPSA) is 26.3 Å². The summed E-state index contributed by atoms with van der Waals surface area (Å²) in [7, 11) is 0. The summed E-state index contributed by atoms with van der Waals surface area (Å²) in [6.45, 7) is 0.235. The Balaban J connectivity index is 4.80. The molecule has 2 nitrogen and oxygen atoms in total. The maximum atomic E-state index is 12.5. The van der Waals surface area contributed by atoms with Crippen molar-refractivity contribution in [3.63, 3.8) is 0 Å². The van der Waals surface area contributed by atoms with Gasteiger partial charge in [-0.15, -0.1) is 0 Å². The number of rotatable bonds is 4. The van der Waals surface area contributed by atoms with Gasteiger partial charge in [-0.1, -0.05) is 18.2 Å². The monoisotopic (exact) mass is 288 g/mol. The fourth-order valence-corrected chi connectivity index (χ4v) is 0.587. The highest BCUT2D eigenvalue weighted by atomic mass is 35.5. The third-order valence-corrected chi connectivity index (χ3v) is 1.58. The SMILES string of the molecule is C=C(Cl)C(=O)OCC(F)(F)C(F)(F)C(F)(F)F. The van der Waals surface area contributed by atoms with Gasteiger partial charge in [-0.2, -0.15) is 30.7 Å². The third-order valence-electron chi connectivity index (χ3n) is 1.42. The summed E-state index contributed by atoms with van der Waals surface area (Å²) in [4.78, 5) is 10.5. The molecule has 0 amide bonds. The van der Waals surface area contributed by atoms with Crippen molar-refractivity contribution < 1.29 is 40.3 Å². The highest BCUT2D eigenvalue weighted by Gasteiger charge is 2.73. The summed E-state index contributed by atoms with van der Waals surface area (Å²) >= 11 is 4.84. The first-order chi connectivity index (χ1) is 7.33. The molecule has 0 saturated heterocycles. The van der Waals surface area contributed by atoms with Crippen LogP contribution in [-0.4, -0.2) is 30.6 Å². The van der Waals surface area contributed by atoms with E-state index in [0.717, 1.165) is 0 Å². The van der Waals surface area contributed by atoms with Crippen molar-refractivity contribution in [2.45, 2.75) is 18.0 Å². The molecule has 0 aromatic heterocycles. The second kappa shape index (κ2) is 4.71. The molecule has 0 radical (unpaired) electrons. The van der Waals surface area contributed by atoms with Gasteiger partial charge in [0.15, 0.2) is 6.61 Å². The van der Waals surface area contributed by atoms with E-state index in [0.29, 0.717) is 0 Å². The van der Waals surface area contributed by atoms with Gasteiger partial charge in [0.1, 0.15) is 5.03 Å². The van der Waals surface area contributed by atoms with Crippen molar-refractivity contribution in [3.8, 4) is 0 Å². The molecule has 0 aliphatic carbocycles. The van der Waals surface area contributed by atoms with Gasteiger partial charge in [0, 0.05) is 0 Å². The molecule has 100 valence electrons. The van der Waals surface area contributed by atoms with E-state index >= 15 is 0 Å². The molecule has 0 heterocycles. The second-order valence-corrected chi connectivity index (χ2v) is 3.21. The summed E-state index contributed by atoms with van der Waals surface area (Å²) in [5, 5.41) is -0.934. The molecule has 0 saturated carbocycles. The van der Waals surface area contributed by atoms with E-state index in [2.05, 4.69) is 11.3 Å². The molecule has 0 aromatic carbocycles. The van der Waals surface area contributed by atoms with E-state index in [1.165, 1.54) is 0 Å². The van der Waals surface area contributed by atoms with Gasteiger partial charge in [-0.25, -0.2) is 4.79 Å². The first-order valence-corrected chi connectivity index (χ1v) is 4.04.